The molecule has 0 atom stereocenters. The summed E-state index contributed by atoms with van der Waals surface area (Å²) in [4.78, 5) is 34.7. The number of hydrogen-bond donors (Lipinski definition) is 1. The number of carbonyl (C=O) groups excluding carboxylic acids is 2. The van der Waals surface area contributed by atoms with Gasteiger partial charge in [-0.3, -0.25) is 14.5 Å². The van der Waals surface area contributed by atoms with Crippen LogP contribution in [0.5, 0.6) is 0 Å². The molecule has 2 aliphatic rings. The second-order valence-electron chi connectivity index (χ2n) is 9.21. The molecule has 0 unspecified atom stereocenters. The summed E-state index contributed by atoms with van der Waals surface area (Å²) in [6.45, 7) is 11.0. The van der Waals surface area contributed by atoms with Crippen LogP contribution in [-0.2, 0) is 4.79 Å². The van der Waals surface area contributed by atoms with Crippen LogP contribution in [0.3, 0.4) is 0 Å². The molecule has 0 aliphatic carbocycles. The molecule has 2 aromatic carbocycles. The Hall–Kier alpha value is -2.90. The summed E-state index contributed by atoms with van der Waals surface area (Å²) in [6, 6.07) is 18.3. The third kappa shape index (κ3) is 6.58. The second kappa shape index (κ2) is 12.0. The van der Waals surface area contributed by atoms with Crippen LogP contribution in [0.15, 0.2) is 54.6 Å². The minimum Gasteiger partial charge on any atom is -0.369 e. The Morgan fingerprint density at radius 1 is 0.882 bits per heavy atom. The maximum absolute atomic E-state index is 13.4. The molecule has 7 nitrogen and oxygen atoms in total. The van der Waals surface area contributed by atoms with Crippen molar-refractivity contribution in [3.63, 3.8) is 0 Å². The maximum Gasteiger partial charge on any atom is 0.253 e. The number of anilines is 1. The Balaban J connectivity index is 1.34. The lowest BCUT2D eigenvalue weighted by Crippen LogP contribution is -2.50. The van der Waals surface area contributed by atoms with Gasteiger partial charge in [0.25, 0.3) is 5.91 Å². The lowest BCUT2D eigenvalue weighted by molar-refractivity contribution is -0.131. The van der Waals surface area contributed by atoms with Crippen LogP contribution in [0.25, 0.3) is 0 Å². The minimum absolute atomic E-state index is 0.0136. The molecule has 2 aliphatic heterocycles. The van der Waals surface area contributed by atoms with E-state index >= 15 is 0 Å². The average Bonchev–Trinajstić information content (AvgIpc) is 2.89. The number of benzene rings is 2. The topological polar surface area (TPSA) is 59.1 Å². The number of aryl methyl sites for hydroxylation is 1. The van der Waals surface area contributed by atoms with E-state index in [1.54, 1.807) is 0 Å². The quantitative estimate of drug-likeness (QED) is 0.650. The first kappa shape index (κ1) is 24.2. The first-order valence-corrected chi connectivity index (χ1v) is 12.5. The van der Waals surface area contributed by atoms with Gasteiger partial charge < -0.3 is 20.0 Å². The van der Waals surface area contributed by atoms with Crippen molar-refractivity contribution >= 4 is 17.5 Å². The number of amides is 2. The summed E-state index contributed by atoms with van der Waals surface area (Å²) >= 11 is 0. The number of hydrogen-bond acceptors (Lipinski definition) is 5. The molecular weight excluding hydrogens is 426 g/mol. The molecule has 2 aromatic rings. The smallest absolute Gasteiger partial charge is 0.253 e. The molecule has 0 radical (unpaired) electrons. The van der Waals surface area contributed by atoms with Gasteiger partial charge in [0.1, 0.15) is 0 Å². The van der Waals surface area contributed by atoms with Gasteiger partial charge in [0.2, 0.25) is 5.91 Å². The minimum atomic E-state index is 0.0136. The van der Waals surface area contributed by atoms with Gasteiger partial charge >= 0.3 is 0 Å². The zero-order valence-corrected chi connectivity index (χ0v) is 20.3. The van der Waals surface area contributed by atoms with Crippen LogP contribution in [0.2, 0.25) is 0 Å². The fourth-order valence-corrected chi connectivity index (χ4v) is 4.71. The number of rotatable bonds is 8. The molecule has 0 bridgehead atoms. The van der Waals surface area contributed by atoms with Crippen molar-refractivity contribution in [1.82, 2.24) is 20.0 Å². The highest BCUT2D eigenvalue weighted by Gasteiger charge is 2.23. The van der Waals surface area contributed by atoms with Crippen molar-refractivity contribution in [1.29, 1.82) is 0 Å². The van der Waals surface area contributed by atoms with Gasteiger partial charge in [0.05, 0.1) is 0 Å². The predicted molar refractivity (Wildman–Crippen MR) is 136 cm³/mol. The van der Waals surface area contributed by atoms with E-state index < -0.39 is 0 Å². The van der Waals surface area contributed by atoms with Crippen LogP contribution in [0, 0.1) is 6.92 Å². The Labute approximate surface area is 203 Å². The van der Waals surface area contributed by atoms with E-state index in [9.17, 15) is 9.59 Å². The number of piperazine rings is 2. The van der Waals surface area contributed by atoms with Crippen molar-refractivity contribution in [2.24, 2.45) is 0 Å². The fourth-order valence-electron chi connectivity index (χ4n) is 4.71. The molecule has 182 valence electrons. The standard InChI is InChI=1S/C27H37N5O2/c1-23-6-5-7-24(22-23)27(34)32(13-10-26(33)31-14-11-28-12-15-31)21-18-29-16-19-30(20-17-29)25-8-3-2-4-9-25/h2-9,22,28H,10-21H2,1H3. The molecular formula is C27H37N5O2. The summed E-state index contributed by atoms with van der Waals surface area (Å²) in [5.74, 6) is 0.153. The normalized spacial score (nSPS) is 17.0. The zero-order valence-electron chi connectivity index (χ0n) is 20.3. The van der Waals surface area contributed by atoms with Crippen LogP contribution in [-0.4, -0.2) is 98.5 Å². The first-order valence-electron chi connectivity index (χ1n) is 12.5. The van der Waals surface area contributed by atoms with E-state index in [1.807, 2.05) is 47.1 Å². The summed E-state index contributed by atoms with van der Waals surface area (Å²) < 4.78 is 0. The molecule has 2 heterocycles. The van der Waals surface area contributed by atoms with E-state index in [4.69, 9.17) is 0 Å². The molecule has 2 fully saturated rings. The van der Waals surface area contributed by atoms with Gasteiger partial charge in [-0.2, -0.15) is 0 Å². The number of carbonyl (C=O) groups is 2. The van der Waals surface area contributed by atoms with Crippen molar-refractivity contribution in [3.05, 3.63) is 65.7 Å². The molecule has 2 amide bonds. The number of nitrogens with one attached hydrogen (secondary N) is 1. The molecule has 1 N–H and O–H groups in total. The number of para-hydroxylation sites is 1. The van der Waals surface area contributed by atoms with E-state index in [0.717, 1.165) is 64.5 Å². The number of nitrogens with zero attached hydrogens (tertiary/aromatic N) is 4. The fraction of sp³-hybridized carbons (Fsp3) is 0.481. The van der Waals surface area contributed by atoms with Crippen molar-refractivity contribution < 1.29 is 9.59 Å². The van der Waals surface area contributed by atoms with Gasteiger partial charge in [-0.1, -0.05) is 35.9 Å². The van der Waals surface area contributed by atoms with Crippen LogP contribution < -0.4 is 10.2 Å². The largest absolute Gasteiger partial charge is 0.369 e. The highest BCUT2D eigenvalue weighted by molar-refractivity contribution is 5.94. The highest BCUT2D eigenvalue weighted by atomic mass is 16.2. The third-order valence-corrected chi connectivity index (χ3v) is 6.80. The predicted octanol–water partition coefficient (Wildman–Crippen LogP) is 2.08. The Bertz CT molecular complexity index is 937. The van der Waals surface area contributed by atoms with Crippen molar-refractivity contribution in [3.8, 4) is 0 Å². The Morgan fingerprint density at radius 3 is 2.32 bits per heavy atom. The van der Waals surface area contributed by atoms with Crippen LogP contribution in [0.4, 0.5) is 5.69 Å². The van der Waals surface area contributed by atoms with E-state index in [0.29, 0.717) is 25.1 Å². The average molecular weight is 464 g/mol. The molecule has 34 heavy (non-hydrogen) atoms. The van der Waals surface area contributed by atoms with Gasteiger partial charge in [-0.05, 0) is 31.2 Å². The van der Waals surface area contributed by atoms with Crippen LogP contribution in [0.1, 0.15) is 22.3 Å². The van der Waals surface area contributed by atoms with E-state index in [2.05, 4.69) is 39.4 Å². The molecule has 0 spiro atoms. The molecule has 0 aromatic heterocycles. The zero-order chi connectivity index (χ0) is 23.8. The second-order valence-corrected chi connectivity index (χ2v) is 9.21. The van der Waals surface area contributed by atoms with Gasteiger partial charge in [0, 0.05) is 89.7 Å². The van der Waals surface area contributed by atoms with Crippen molar-refractivity contribution in [2.75, 3.05) is 76.9 Å². The van der Waals surface area contributed by atoms with E-state index in [-0.39, 0.29) is 11.8 Å². The molecule has 2 saturated heterocycles. The molecule has 7 heteroatoms. The monoisotopic (exact) mass is 463 g/mol. The van der Waals surface area contributed by atoms with Crippen molar-refractivity contribution in [2.45, 2.75) is 13.3 Å². The Kier molecular flexibility index (Phi) is 8.55. The molecule has 0 saturated carbocycles. The molecule has 4 rings (SSSR count). The van der Waals surface area contributed by atoms with Gasteiger partial charge in [-0.25, -0.2) is 0 Å². The highest BCUT2D eigenvalue weighted by Crippen LogP contribution is 2.16. The Morgan fingerprint density at radius 2 is 1.62 bits per heavy atom. The summed E-state index contributed by atoms with van der Waals surface area (Å²) in [7, 11) is 0. The van der Waals surface area contributed by atoms with Gasteiger partial charge in [0.15, 0.2) is 0 Å². The summed E-state index contributed by atoms with van der Waals surface area (Å²) in [5.41, 5.74) is 3.04. The van der Waals surface area contributed by atoms with E-state index in [1.165, 1.54) is 5.69 Å². The SMILES string of the molecule is Cc1cccc(C(=O)N(CCC(=O)N2CCNCC2)CCN2CCN(c3ccccc3)CC2)c1. The summed E-state index contributed by atoms with van der Waals surface area (Å²) in [6.07, 6.45) is 0.374. The third-order valence-electron chi connectivity index (χ3n) is 6.80. The van der Waals surface area contributed by atoms with Crippen LogP contribution >= 0.6 is 0 Å². The lowest BCUT2D eigenvalue weighted by atomic mass is 10.1. The lowest BCUT2D eigenvalue weighted by Gasteiger charge is -2.37. The maximum atomic E-state index is 13.4. The first-order chi connectivity index (χ1) is 16.6. The van der Waals surface area contributed by atoms with Gasteiger partial charge in [-0.15, -0.1) is 0 Å². The summed E-state index contributed by atoms with van der Waals surface area (Å²) in [5, 5.41) is 3.28.